The van der Waals surface area contributed by atoms with Crippen molar-refractivity contribution in [1.29, 1.82) is 0 Å². The number of amides is 2. The molecular formula is C13H26ClN3O3. The minimum Gasteiger partial charge on any atom is -0.385 e. The third-order valence-corrected chi connectivity index (χ3v) is 3.21. The Morgan fingerprint density at radius 3 is 2.75 bits per heavy atom. The van der Waals surface area contributed by atoms with Crippen molar-refractivity contribution in [2.75, 3.05) is 40.4 Å². The molecule has 118 valence electrons. The molecule has 0 saturated carbocycles. The van der Waals surface area contributed by atoms with Crippen molar-refractivity contribution in [3.8, 4) is 0 Å². The standard InChI is InChI=1S/C13H25N3O3.ClH/c1-16(10-12(17)15-8-5-9-19-2)13(18)11-6-3-4-7-14-11;/h11,14H,3-10H2,1-2H3,(H,15,17);1H. The van der Waals surface area contributed by atoms with Gasteiger partial charge >= 0.3 is 0 Å². The normalized spacial score (nSPS) is 18.0. The van der Waals surface area contributed by atoms with Gasteiger partial charge in [-0.05, 0) is 25.8 Å². The highest BCUT2D eigenvalue weighted by Gasteiger charge is 2.24. The summed E-state index contributed by atoms with van der Waals surface area (Å²) in [4.78, 5) is 25.2. The van der Waals surface area contributed by atoms with Crippen LogP contribution in [-0.4, -0.2) is 63.2 Å². The number of methoxy groups -OCH3 is 1. The zero-order valence-electron chi connectivity index (χ0n) is 12.3. The van der Waals surface area contributed by atoms with E-state index in [-0.39, 0.29) is 36.8 Å². The molecule has 2 amide bonds. The number of carbonyl (C=O) groups excluding carboxylic acids is 2. The Kier molecular flexibility index (Phi) is 10.4. The van der Waals surface area contributed by atoms with Crippen LogP contribution in [0.1, 0.15) is 25.7 Å². The molecule has 0 bridgehead atoms. The first-order valence-corrected chi connectivity index (χ1v) is 6.89. The third kappa shape index (κ3) is 7.07. The monoisotopic (exact) mass is 307 g/mol. The third-order valence-electron chi connectivity index (χ3n) is 3.21. The van der Waals surface area contributed by atoms with Crippen LogP contribution in [0.25, 0.3) is 0 Å². The lowest BCUT2D eigenvalue weighted by Gasteiger charge is -2.27. The zero-order chi connectivity index (χ0) is 14.1. The molecule has 1 rings (SSSR count). The van der Waals surface area contributed by atoms with Gasteiger partial charge in [-0.25, -0.2) is 0 Å². The molecule has 1 fully saturated rings. The van der Waals surface area contributed by atoms with E-state index in [0.717, 1.165) is 32.2 Å². The fourth-order valence-electron chi connectivity index (χ4n) is 2.12. The second kappa shape index (κ2) is 10.9. The van der Waals surface area contributed by atoms with E-state index in [2.05, 4.69) is 10.6 Å². The van der Waals surface area contributed by atoms with Crippen molar-refractivity contribution in [3.05, 3.63) is 0 Å². The summed E-state index contributed by atoms with van der Waals surface area (Å²) in [6, 6.07) is -0.125. The fourth-order valence-corrected chi connectivity index (χ4v) is 2.12. The summed E-state index contributed by atoms with van der Waals surface area (Å²) in [5.74, 6) is -0.116. The van der Waals surface area contributed by atoms with Gasteiger partial charge in [0.25, 0.3) is 0 Å². The van der Waals surface area contributed by atoms with Gasteiger partial charge in [-0.2, -0.15) is 0 Å². The predicted octanol–water partition coefficient (Wildman–Crippen LogP) is 0.161. The van der Waals surface area contributed by atoms with Gasteiger partial charge in [0.1, 0.15) is 0 Å². The van der Waals surface area contributed by atoms with Crippen LogP contribution in [0.2, 0.25) is 0 Å². The molecule has 0 aliphatic carbocycles. The fraction of sp³-hybridized carbons (Fsp3) is 0.846. The first-order valence-electron chi connectivity index (χ1n) is 6.89. The van der Waals surface area contributed by atoms with Crippen LogP contribution in [0.5, 0.6) is 0 Å². The van der Waals surface area contributed by atoms with Crippen molar-refractivity contribution < 1.29 is 14.3 Å². The lowest BCUT2D eigenvalue weighted by atomic mass is 10.0. The lowest BCUT2D eigenvalue weighted by molar-refractivity contribution is -0.136. The maximum Gasteiger partial charge on any atom is 0.239 e. The number of piperidine rings is 1. The Labute approximate surface area is 127 Å². The van der Waals surface area contributed by atoms with Crippen LogP contribution in [0, 0.1) is 0 Å². The maximum absolute atomic E-state index is 12.1. The predicted molar refractivity (Wildman–Crippen MR) is 80.0 cm³/mol. The molecule has 0 spiro atoms. The first kappa shape index (κ1) is 19.1. The summed E-state index contributed by atoms with van der Waals surface area (Å²) in [5, 5.41) is 5.97. The minimum absolute atomic E-state index is 0. The molecule has 1 aliphatic rings. The van der Waals surface area contributed by atoms with E-state index in [0.29, 0.717) is 13.2 Å². The van der Waals surface area contributed by atoms with Crippen LogP contribution in [0.15, 0.2) is 0 Å². The van der Waals surface area contributed by atoms with Gasteiger partial charge in [-0.15, -0.1) is 12.4 Å². The van der Waals surface area contributed by atoms with Crippen LogP contribution >= 0.6 is 12.4 Å². The van der Waals surface area contributed by atoms with E-state index in [9.17, 15) is 9.59 Å². The van der Waals surface area contributed by atoms with Gasteiger partial charge in [0.15, 0.2) is 0 Å². The zero-order valence-corrected chi connectivity index (χ0v) is 13.1. The van der Waals surface area contributed by atoms with Gasteiger partial charge in [-0.3, -0.25) is 9.59 Å². The van der Waals surface area contributed by atoms with Gasteiger partial charge in [0.05, 0.1) is 12.6 Å². The van der Waals surface area contributed by atoms with Crippen molar-refractivity contribution in [2.24, 2.45) is 0 Å². The summed E-state index contributed by atoms with van der Waals surface area (Å²) in [6.45, 7) is 2.20. The molecule has 2 N–H and O–H groups in total. The van der Waals surface area contributed by atoms with E-state index in [4.69, 9.17) is 4.74 Å². The van der Waals surface area contributed by atoms with E-state index in [1.807, 2.05) is 0 Å². The summed E-state index contributed by atoms with van der Waals surface area (Å²) in [5.41, 5.74) is 0. The Balaban J connectivity index is 0.00000361. The SMILES string of the molecule is COCCCNC(=O)CN(C)C(=O)C1CCCCN1.Cl. The molecule has 0 aromatic rings. The average Bonchev–Trinajstić information content (AvgIpc) is 2.43. The number of hydrogen-bond donors (Lipinski definition) is 2. The first-order chi connectivity index (χ1) is 9.15. The summed E-state index contributed by atoms with van der Waals surface area (Å²) in [6.07, 6.45) is 3.83. The van der Waals surface area contributed by atoms with Crippen LogP contribution in [0.4, 0.5) is 0 Å². The second-order valence-corrected chi connectivity index (χ2v) is 4.89. The minimum atomic E-state index is -0.125. The van der Waals surface area contributed by atoms with Crippen molar-refractivity contribution in [1.82, 2.24) is 15.5 Å². The van der Waals surface area contributed by atoms with Crippen LogP contribution in [0.3, 0.4) is 0 Å². The highest BCUT2D eigenvalue weighted by atomic mass is 35.5. The highest BCUT2D eigenvalue weighted by Crippen LogP contribution is 2.08. The van der Waals surface area contributed by atoms with E-state index in [1.54, 1.807) is 14.2 Å². The number of ether oxygens (including phenoxy) is 1. The maximum atomic E-state index is 12.1. The topological polar surface area (TPSA) is 70.7 Å². The molecule has 0 aromatic heterocycles. The number of hydrogen-bond acceptors (Lipinski definition) is 4. The quantitative estimate of drug-likeness (QED) is 0.658. The lowest BCUT2D eigenvalue weighted by Crippen LogP contribution is -2.49. The summed E-state index contributed by atoms with van der Waals surface area (Å²) in [7, 11) is 3.30. The Bertz CT molecular complexity index is 297. The highest BCUT2D eigenvalue weighted by molar-refractivity contribution is 5.87. The molecule has 1 heterocycles. The van der Waals surface area contributed by atoms with Gasteiger partial charge in [0, 0.05) is 27.3 Å². The Morgan fingerprint density at radius 1 is 1.40 bits per heavy atom. The molecule has 0 radical (unpaired) electrons. The van der Waals surface area contributed by atoms with E-state index >= 15 is 0 Å². The molecule has 7 heteroatoms. The number of halogens is 1. The molecule has 6 nitrogen and oxygen atoms in total. The summed E-state index contributed by atoms with van der Waals surface area (Å²) < 4.78 is 4.90. The molecule has 1 aliphatic heterocycles. The molecule has 0 aromatic carbocycles. The van der Waals surface area contributed by atoms with E-state index in [1.165, 1.54) is 4.90 Å². The smallest absolute Gasteiger partial charge is 0.239 e. The Hall–Kier alpha value is -0.850. The molecule has 1 saturated heterocycles. The van der Waals surface area contributed by atoms with Gasteiger partial charge in [-0.1, -0.05) is 6.42 Å². The summed E-state index contributed by atoms with van der Waals surface area (Å²) >= 11 is 0. The van der Waals surface area contributed by atoms with Crippen molar-refractivity contribution in [2.45, 2.75) is 31.7 Å². The molecule has 1 atom stereocenters. The van der Waals surface area contributed by atoms with Crippen molar-refractivity contribution >= 4 is 24.2 Å². The Morgan fingerprint density at radius 2 is 2.15 bits per heavy atom. The second-order valence-electron chi connectivity index (χ2n) is 4.89. The molecule has 1 unspecified atom stereocenters. The number of rotatable bonds is 7. The number of nitrogens with one attached hydrogen (secondary N) is 2. The number of likely N-dealkylation sites (N-methyl/N-ethyl adjacent to an activating group) is 1. The van der Waals surface area contributed by atoms with Gasteiger partial charge in [0.2, 0.25) is 11.8 Å². The molecule has 20 heavy (non-hydrogen) atoms. The van der Waals surface area contributed by atoms with Crippen LogP contribution < -0.4 is 10.6 Å². The molecular weight excluding hydrogens is 282 g/mol. The largest absolute Gasteiger partial charge is 0.385 e. The van der Waals surface area contributed by atoms with Gasteiger partial charge < -0.3 is 20.3 Å². The average molecular weight is 308 g/mol. The number of carbonyl (C=O) groups is 2. The van der Waals surface area contributed by atoms with Crippen LogP contribution in [-0.2, 0) is 14.3 Å². The van der Waals surface area contributed by atoms with Crippen molar-refractivity contribution in [3.63, 3.8) is 0 Å². The van der Waals surface area contributed by atoms with E-state index < -0.39 is 0 Å². The number of nitrogens with zero attached hydrogens (tertiary/aromatic N) is 1.